The summed E-state index contributed by atoms with van der Waals surface area (Å²) in [5.41, 5.74) is 0.304. The number of ether oxygens (including phenoxy) is 2. The standard InChI is InChI=1S/C8H13O2/c1-2-8(6-9-4-1)3-5-10-7-8/h2H,1,3-7H2. The normalized spacial score (nSPS) is 40.8. The van der Waals surface area contributed by atoms with Crippen LogP contribution in [-0.2, 0) is 9.47 Å². The molecule has 1 atom stereocenters. The summed E-state index contributed by atoms with van der Waals surface area (Å²) in [6.45, 7) is 3.58. The van der Waals surface area contributed by atoms with Gasteiger partial charge in [0, 0.05) is 18.6 Å². The molecule has 2 fully saturated rings. The average molecular weight is 141 g/mol. The van der Waals surface area contributed by atoms with Gasteiger partial charge >= 0.3 is 0 Å². The van der Waals surface area contributed by atoms with Crippen LogP contribution in [0.3, 0.4) is 0 Å². The van der Waals surface area contributed by atoms with E-state index in [4.69, 9.17) is 9.47 Å². The maximum atomic E-state index is 5.40. The Hall–Kier alpha value is -0.0800. The van der Waals surface area contributed by atoms with Crippen molar-refractivity contribution in [1.29, 1.82) is 0 Å². The van der Waals surface area contributed by atoms with Gasteiger partial charge in [0.05, 0.1) is 13.2 Å². The molecule has 0 N–H and O–H groups in total. The summed E-state index contributed by atoms with van der Waals surface area (Å²) in [6, 6.07) is 0. The summed E-state index contributed by atoms with van der Waals surface area (Å²) in [6.07, 6.45) is 4.64. The predicted molar refractivity (Wildman–Crippen MR) is 37.6 cm³/mol. The van der Waals surface area contributed by atoms with Crippen molar-refractivity contribution in [2.75, 3.05) is 26.4 Å². The summed E-state index contributed by atoms with van der Waals surface area (Å²) >= 11 is 0. The molecule has 0 aromatic heterocycles. The Morgan fingerprint density at radius 2 is 1.90 bits per heavy atom. The zero-order valence-corrected chi connectivity index (χ0v) is 6.14. The largest absolute Gasteiger partial charge is 0.381 e. The van der Waals surface area contributed by atoms with Gasteiger partial charge in [0.2, 0.25) is 0 Å². The molecule has 2 aliphatic heterocycles. The maximum absolute atomic E-state index is 5.40. The highest BCUT2D eigenvalue weighted by Gasteiger charge is 2.36. The first-order valence-corrected chi connectivity index (χ1v) is 3.91. The van der Waals surface area contributed by atoms with Gasteiger partial charge in [-0.05, 0) is 19.3 Å². The van der Waals surface area contributed by atoms with Crippen molar-refractivity contribution in [2.45, 2.75) is 12.8 Å². The van der Waals surface area contributed by atoms with Crippen LogP contribution in [0.2, 0.25) is 0 Å². The molecule has 0 aromatic rings. The minimum atomic E-state index is 0.304. The maximum Gasteiger partial charge on any atom is 0.0548 e. The van der Waals surface area contributed by atoms with E-state index >= 15 is 0 Å². The monoisotopic (exact) mass is 141 g/mol. The van der Waals surface area contributed by atoms with E-state index in [1.165, 1.54) is 0 Å². The summed E-state index contributed by atoms with van der Waals surface area (Å²) in [4.78, 5) is 0. The zero-order valence-electron chi connectivity index (χ0n) is 6.14. The third-order valence-corrected chi connectivity index (χ3v) is 2.36. The Kier molecular flexibility index (Phi) is 1.66. The Bertz CT molecular complexity index is 108. The molecule has 10 heavy (non-hydrogen) atoms. The Labute approximate surface area is 61.5 Å². The Balaban J connectivity index is 1.98. The molecule has 0 bridgehead atoms. The zero-order chi connectivity index (χ0) is 6.86. The Morgan fingerprint density at radius 1 is 1.10 bits per heavy atom. The molecule has 2 saturated heterocycles. The van der Waals surface area contributed by atoms with Gasteiger partial charge in [-0.25, -0.2) is 0 Å². The second kappa shape index (κ2) is 2.51. The highest BCUT2D eigenvalue weighted by Crippen LogP contribution is 2.35. The lowest BCUT2D eigenvalue weighted by Crippen LogP contribution is -2.32. The van der Waals surface area contributed by atoms with Gasteiger partial charge in [-0.2, -0.15) is 0 Å². The highest BCUT2D eigenvalue weighted by molar-refractivity contribution is 4.97. The molecule has 2 heteroatoms. The predicted octanol–water partition coefficient (Wildman–Crippen LogP) is 1.02. The summed E-state index contributed by atoms with van der Waals surface area (Å²) in [5.74, 6) is 0. The molecule has 1 radical (unpaired) electrons. The van der Waals surface area contributed by atoms with Crippen LogP contribution in [0.1, 0.15) is 12.8 Å². The molecule has 0 aliphatic carbocycles. The van der Waals surface area contributed by atoms with Crippen LogP contribution in [0.4, 0.5) is 0 Å². The summed E-state index contributed by atoms with van der Waals surface area (Å²) < 4.78 is 10.7. The van der Waals surface area contributed by atoms with Crippen LogP contribution < -0.4 is 0 Å². The molecule has 2 heterocycles. The molecule has 0 aromatic carbocycles. The van der Waals surface area contributed by atoms with Gasteiger partial charge in [-0.1, -0.05) is 0 Å². The summed E-state index contributed by atoms with van der Waals surface area (Å²) in [7, 11) is 0. The molecule has 2 aliphatic rings. The molecule has 57 valence electrons. The molecule has 2 nitrogen and oxygen atoms in total. The van der Waals surface area contributed by atoms with Crippen LogP contribution in [0, 0.1) is 11.8 Å². The fraction of sp³-hybridized carbons (Fsp3) is 0.875. The van der Waals surface area contributed by atoms with Gasteiger partial charge in [-0.15, -0.1) is 0 Å². The van der Waals surface area contributed by atoms with E-state index < -0.39 is 0 Å². The number of rotatable bonds is 0. The smallest absolute Gasteiger partial charge is 0.0548 e. The van der Waals surface area contributed by atoms with Crippen molar-refractivity contribution in [3.8, 4) is 0 Å². The lowest BCUT2D eigenvalue weighted by molar-refractivity contribution is 0.0206. The average Bonchev–Trinajstić information content (AvgIpc) is 2.39. The number of hydrogen-bond donors (Lipinski definition) is 0. The third-order valence-electron chi connectivity index (χ3n) is 2.36. The molecule has 1 unspecified atom stereocenters. The van der Waals surface area contributed by atoms with Crippen molar-refractivity contribution in [3.63, 3.8) is 0 Å². The van der Waals surface area contributed by atoms with Crippen molar-refractivity contribution in [2.24, 2.45) is 5.41 Å². The van der Waals surface area contributed by atoms with E-state index in [1.54, 1.807) is 0 Å². The fourth-order valence-electron chi connectivity index (χ4n) is 1.68. The van der Waals surface area contributed by atoms with E-state index in [0.717, 1.165) is 39.3 Å². The second-order valence-corrected chi connectivity index (χ2v) is 3.21. The molecule has 2 rings (SSSR count). The number of hydrogen-bond acceptors (Lipinski definition) is 2. The van der Waals surface area contributed by atoms with Gasteiger partial charge in [-0.3, -0.25) is 0 Å². The lowest BCUT2D eigenvalue weighted by atomic mass is 9.82. The van der Waals surface area contributed by atoms with E-state index in [2.05, 4.69) is 6.42 Å². The van der Waals surface area contributed by atoms with Crippen LogP contribution in [-0.4, -0.2) is 26.4 Å². The third kappa shape index (κ3) is 1.06. The van der Waals surface area contributed by atoms with E-state index in [-0.39, 0.29) is 0 Å². The second-order valence-electron chi connectivity index (χ2n) is 3.21. The van der Waals surface area contributed by atoms with Gasteiger partial charge in [0.15, 0.2) is 0 Å². The molecule has 1 spiro atoms. The quantitative estimate of drug-likeness (QED) is 0.501. The molecular weight excluding hydrogens is 128 g/mol. The van der Waals surface area contributed by atoms with Gasteiger partial charge < -0.3 is 9.47 Å². The van der Waals surface area contributed by atoms with Gasteiger partial charge in [0.1, 0.15) is 0 Å². The Morgan fingerprint density at radius 3 is 2.50 bits per heavy atom. The topological polar surface area (TPSA) is 18.5 Å². The van der Waals surface area contributed by atoms with Crippen LogP contribution in [0.15, 0.2) is 0 Å². The summed E-state index contributed by atoms with van der Waals surface area (Å²) in [5, 5.41) is 0. The van der Waals surface area contributed by atoms with E-state index in [9.17, 15) is 0 Å². The van der Waals surface area contributed by atoms with Crippen molar-refractivity contribution in [1.82, 2.24) is 0 Å². The minimum Gasteiger partial charge on any atom is -0.381 e. The first-order chi connectivity index (χ1) is 4.91. The molecule has 0 amide bonds. The van der Waals surface area contributed by atoms with Crippen molar-refractivity contribution >= 4 is 0 Å². The van der Waals surface area contributed by atoms with E-state index in [1.807, 2.05) is 0 Å². The lowest BCUT2D eigenvalue weighted by Gasteiger charge is -2.30. The first kappa shape index (κ1) is 6.62. The van der Waals surface area contributed by atoms with Crippen LogP contribution in [0.25, 0.3) is 0 Å². The SMILES string of the molecule is [CH]1CCOCC12CCOC2. The van der Waals surface area contributed by atoms with Crippen LogP contribution >= 0.6 is 0 Å². The molecule has 0 saturated carbocycles. The fourth-order valence-corrected chi connectivity index (χ4v) is 1.68. The van der Waals surface area contributed by atoms with Crippen molar-refractivity contribution < 1.29 is 9.47 Å². The highest BCUT2D eigenvalue weighted by atomic mass is 16.5. The molecular formula is C8H13O2. The van der Waals surface area contributed by atoms with E-state index in [0.29, 0.717) is 5.41 Å². The van der Waals surface area contributed by atoms with Crippen molar-refractivity contribution in [3.05, 3.63) is 6.42 Å². The minimum absolute atomic E-state index is 0.304. The first-order valence-electron chi connectivity index (χ1n) is 3.91. The van der Waals surface area contributed by atoms with Gasteiger partial charge in [0.25, 0.3) is 0 Å². The van der Waals surface area contributed by atoms with Crippen LogP contribution in [0.5, 0.6) is 0 Å².